The van der Waals surface area contributed by atoms with Crippen molar-refractivity contribution in [3.8, 4) is 5.75 Å². The van der Waals surface area contributed by atoms with Gasteiger partial charge in [0, 0.05) is 6.54 Å². The van der Waals surface area contributed by atoms with E-state index in [1.165, 1.54) is 32.1 Å². The van der Waals surface area contributed by atoms with E-state index in [1.54, 1.807) is 6.20 Å². The van der Waals surface area contributed by atoms with Crippen LogP contribution in [0.4, 0.5) is 0 Å². The second-order valence-corrected chi connectivity index (χ2v) is 4.11. The lowest BCUT2D eigenvalue weighted by molar-refractivity contribution is 0.155. The van der Waals surface area contributed by atoms with E-state index in [4.69, 9.17) is 10.5 Å². The maximum Gasteiger partial charge on any atom is 0.157 e. The van der Waals surface area contributed by atoms with E-state index in [0.29, 0.717) is 12.6 Å². The summed E-state index contributed by atoms with van der Waals surface area (Å²) >= 11 is 0. The third-order valence-corrected chi connectivity index (χ3v) is 2.82. The van der Waals surface area contributed by atoms with Gasteiger partial charge in [-0.25, -0.2) is 0 Å². The zero-order valence-electron chi connectivity index (χ0n) is 9.06. The molecular formula is C11H19N3O. The van der Waals surface area contributed by atoms with Crippen molar-refractivity contribution in [1.29, 1.82) is 0 Å². The highest BCUT2D eigenvalue weighted by molar-refractivity contribution is 5.12. The molecule has 0 amide bonds. The first-order valence-corrected chi connectivity index (χ1v) is 5.77. The molecule has 0 spiro atoms. The van der Waals surface area contributed by atoms with Crippen LogP contribution in [0.1, 0.15) is 32.1 Å². The first-order valence-electron chi connectivity index (χ1n) is 5.77. The van der Waals surface area contributed by atoms with E-state index < -0.39 is 0 Å². The summed E-state index contributed by atoms with van der Waals surface area (Å²) in [6.07, 6.45) is 10.4. The van der Waals surface area contributed by atoms with Crippen molar-refractivity contribution in [2.75, 3.05) is 6.54 Å². The molecule has 0 atom stereocenters. The molecule has 1 saturated carbocycles. The molecule has 0 saturated heterocycles. The molecule has 0 radical (unpaired) electrons. The maximum absolute atomic E-state index is 5.86. The normalized spacial score (nSPS) is 17.9. The molecule has 0 aliphatic heterocycles. The number of rotatable bonds is 4. The summed E-state index contributed by atoms with van der Waals surface area (Å²) in [5.41, 5.74) is 5.45. The van der Waals surface area contributed by atoms with Crippen LogP contribution in [-0.2, 0) is 6.54 Å². The van der Waals surface area contributed by atoms with Crippen molar-refractivity contribution in [3.05, 3.63) is 12.4 Å². The molecule has 0 bridgehead atoms. The van der Waals surface area contributed by atoms with Gasteiger partial charge in [-0.05, 0) is 25.7 Å². The van der Waals surface area contributed by atoms with Gasteiger partial charge in [0.05, 0.1) is 25.0 Å². The van der Waals surface area contributed by atoms with E-state index in [0.717, 1.165) is 12.3 Å². The fraction of sp³-hybridized carbons (Fsp3) is 0.727. The topological polar surface area (TPSA) is 53.1 Å². The quantitative estimate of drug-likeness (QED) is 0.818. The second kappa shape index (κ2) is 5.16. The van der Waals surface area contributed by atoms with Crippen molar-refractivity contribution in [1.82, 2.24) is 9.78 Å². The SMILES string of the molecule is NCCn1cc(OC2CCCCC2)cn1. The highest BCUT2D eigenvalue weighted by atomic mass is 16.5. The largest absolute Gasteiger partial charge is 0.487 e. The third-order valence-electron chi connectivity index (χ3n) is 2.82. The zero-order valence-corrected chi connectivity index (χ0v) is 9.06. The fourth-order valence-corrected chi connectivity index (χ4v) is 2.04. The van der Waals surface area contributed by atoms with Crippen LogP contribution < -0.4 is 10.5 Å². The van der Waals surface area contributed by atoms with Crippen LogP contribution in [0, 0.1) is 0 Å². The first-order chi connectivity index (χ1) is 7.38. The number of nitrogens with two attached hydrogens (primary N) is 1. The molecule has 2 N–H and O–H groups in total. The van der Waals surface area contributed by atoms with Crippen LogP contribution in [0.15, 0.2) is 12.4 Å². The minimum atomic E-state index is 0.397. The first kappa shape index (κ1) is 10.5. The molecule has 1 heterocycles. The van der Waals surface area contributed by atoms with E-state index in [9.17, 15) is 0 Å². The molecule has 84 valence electrons. The van der Waals surface area contributed by atoms with Crippen molar-refractivity contribution >= 4 is 0 Å². The van der Waals surface area contributed by atoms with Crippen molar-refractivity contribution < 1.29 is 4.74 Å². The van der Waals surface area contributed by atoms with Crippen LogP contribution in [0.3, 0.4) is 0 Å². The minimum Gasteiger partial charge on any atom is -0.487 e. The minimum absolute atomic E-state index is 0.397. The average Bonchev–Trinajstić information content (AvgIpc) is 2.68. The Bertz CT molecular complexity index is 292. The Morgan fingerprint density at radius 1 is 1.40 bits per heavy atom. The molecule has 1 aliphatic rings. The van der Waals surface area contributed by atoms with Crippen LogP contribution in [-0.4, -0.2) is 22.4 Å². The van der Waals surface area contributed by atoms with E-state index in [-0.39, 0.29) is 0 Å². The molecule has 4 nitrogen and oxygen atoms in total. The summed E-state index contributed by atoms with van der Waals surface area (Å²) in [6, 6.07) is 0. The summed E-state index contributed by atoms with van der Waals surface area (Å²) in [6.45, 7) is 1.37. The number of hydrogen-bond donors (Lipinski definition) is 1. The Kier molecular flexibility index (Phi) is 3.61. The van der Waals surface area contributed by atoms with Gasteiger partial charge in [0.1, 0.15) is 0 Å². The average molecular weight is 209 g/mol. The lowest BCUT2D eigenvalue weighted by Crippen LogP contribution is -2.19. The van der Waals surface area contributed by atoms with Gasteiger partial charge in [-0.2, -0.15) is 5.10 Å². The van der Waals surface area contributed by atoms with E-state index in [2.05, 4.69) is 5.10 Å². The molecule has 1 aromatic rings. The smallest absolute Gasteiger partial charge is 0.157 e. The third kappa shape index (κ3) is 2.96. The van der Waals surface area contributed by atoms with E-state index >= 15 is 0 Å². The van der Waals surface area contributed by atoms with Gasteiger partial charge < -0.3 is 10.5 Å². The Hall–Kier alpha value is -1.03. The number of hydrogen-bond acceptors (Lipinski definition) is 3. The zero-order chi connectivity index (χ0) is 10.5. The fourth-order valence-electron chi connectivity index (χ4n) is 2.04. The molecule has 0 unspecified atom stereocenters. The number of aromatic nitrogens is 2. The van der Waals surface area contributed by atoms with Crippen molar-refractivity contribution in [3.63, 3.8) is 0 Å². The summed E-state index contributed by atoms with van der Waals surface area (Å²) < 4.78 is 7.69. The predicted molar refractivity (Wildman–Crippen MR) is 58.8 cm³/mol. The monoisotopic (exact) mass is 209 g/mol. The van der Waals surface area contributed by atoms with Crippen LogP contribution in [0.2, 0.25) is 0 Å². The van der Waals surface area contributed by atoms with Crippen LogP contribution in [0.25, 0.3) is 0 Å². The van der Waals surface area contributed by atoms with Gasteiger partial charge in [0.25, 0.3) is 0 Å². The van der Waals surface area contributed by atoms with Gasteiger partial charge in [-0.3, -0.25) is 4.68 Å². The highest BCUT2D eigenvalue weighted by Gasteiger charge is 2.15. The molecule has 2 rings (SSSR count). The summed E-state index contributed by atoms with van der Waals surface area (Å²) in [4.78, 5) is 0. The lowest BCUT2D eigenvalue weighted by atomic mass is 9.98. The molecule has 0 aromatic carbocycles. The van der Waals surface area contributed by atoms with Gasteiger partial charge >= 0.3 is 0 Å². The van der Waals surface area contributed by atoms with E-state index in [1.807, 2.05) is 10.9 Å². The highest BCUT2D eigenvalue weighted by Crippen LogP contribution is 2.22. The van der Waals surface area contributed by atoms with Gasteiger partial charge in [0.15, 0.2) is 5.75 Å². The standard InChI is InChI=1S/C11H19N3O/c12-6-7-14-9-11(8-13-14)15-10-4-2-1-3-5-10/h8-10H,1-7,12H2. The Labute approximate surface area is 90.4 Å². The second-order valence-electron chi connectivity index (χ2n) is 4.11. The molecule has 15 heavy (non-hydrogen) atoms. The Balaban J connectivity index is 1.86. The number of nitrogens with zero attached hydrogens (tertiary/aromatic N) is 2. The maximum atomic E-state index is 5.86. The Morgan fingerprint density at radius 2 is 2.20 bits per heavy atom. The Morgan fingerprint density at radius 3 is 2.93 bits per heavy atom. The van der Waals surface area contributed by atoms with Crippen LogP contribution >= 0.6 is 0 Å². The van der Waals surface area contributed by atoms with Gasteiger partial charge in [0.2, 0.25) is 0 Å². The lowest BCUT2D eigenvalue weighted by Gasteiger charge is -2.21. The van der Waals surface area contributed by atoms with Gasteiger partial charge in [-0.15, -0.1) is 0 Å². The summed E-state index contributed by atoms with van der Waals surface area (Å²) in [7, 11) is 0. The molecule has 1 aromatic heterocycles. The molecule has 1 fully saturated rings. The van der Waals surface area contributed by atoms with Gasteiger partial charge in [-0.1, -0.05) is 6.42 Å². The summed E-state index contributed by atoms with van der Waals surface area (Å²) in [5.74, 6) is 0.885. The van der Waals surface area contributed by atoms with Crippen molar-refractivity contribution in [2.24, 2.45) is 5.73 Å². The number of ether oxygens (including phenoxy) is 1. The summed E-state index contributed by atoms with van der Waals surface area (Å²) in [5, 5.41) is 4.18. The predicted octanol–water partition coefficient (Wildman–Crippen LogP) is 1.55. The molecular weight excluding hydrogens is 190 g/mol. The molecule has 4 heteroatoms. The van der Waals surface area contributed by atoms with Crippen molar-refractivity contribution in [2.45, 2.75) is 44.8 Å². The molecule has 1 aliphatic carbocycles. The van der Waals surface area contributed by atoms with Crippen LogP contribution in [0.5, 0.6) is 5.75 Å².